The van der Waals surface area contributed by atoms with Crippen molar-refractivity contribution in [3.63, 3.8) is 0 Å². The quantitative estimate of drug-likeness (QED) is 0.126. The van der Waals surface area contributed by atoms with Crippen molar-refractivity contribution in [2.24, 2.45) is 13.0 Å². The fourth-order valence-corrected chi connectivity index (χ4v) is 8.00. The van der Waals surface area contributed by atoms with Gasteiger partial charge in [-0.2, -0.15) is 5.10 Å². The van der Waals surface area contributed by atoms with E-state index in [2.05, 4.69) is 47.6 Å². The molecule has 14 heteroatoms. The maximum Gasteiger partial charge on any atom is 0.249 e. The highest BCUT2D eigenvalue weighted by molar-refractivity contribution is 6.01. The number of benzene rings is 2. The number of aryl methyl sites for hydroxylation is 2. The summed E-state index contributed by atoms with van der Waals surface area (Å²) in [5, 5.41) is 10.2. The van der Waals surface area contributed by atoms with E-state index < -0.39 is 6.10 Å². The van der Waals surface area contributed by atoms with Crippen LogP contribution in [0.2, 0.25) is 0 Å². The molecule has 2 amide bonds. The standard InChI is InChI=1S/C41H47FN10O3/c1-24-38(28-18-36(39(43)44-20-28)55-25(2)33-19-29(42)4-9-32(33)34-14-15-50(3)49-34)48-40(45-24)27-12-16-51(17-13-27)21-26-22-52(23-26)31-7-5-30(6-8-31)46-35-10-11-37(53)47-41(35)54/h4-9,14-15,18-20,25-27,35,46H,10-13,16-17,21-23H2,1-3H3,(H2,43,44)(H,45,48)(H,47,53,54)/t25-,35?/m1/s1. The lowest BCUT2D eigenvalue weighted by Crippen LogP contribution is -2.52. The highest BCUT2D eigenvalue weighted by Crippen LogP contribution is 2.36. The molecule has 6 heterocycles. The lowest BCUT2D eigenvalue weighted by atomic mass is 9.93. The first-order valence-electron chi connectivity index (χ1n) is 19.0. The van der Waals surface area contributed by atoms with Gasteiger partial charge in [-0.15, -0.1) is 0 Å². The van der Waals surface area contributed by atoms with Crippen molar-refractivity contribution in [2.45, 2.75) is 57.6 Å². The van der Waals surface area contributed by atoms with E-state index in [1.54, 1.807) is 16.9 Å². The molecule has 5 aromatic rings. The second kappa shape index (κ2) is 15.2. The third-order valence-electron chi connectivity index (χ3n) is 11.1. The van der Waals surface area contributed by atoms with Crippen molar-refractivity contribution in [2.75, 3.05) is 48.7 Å². The van der Waals surface area contributed by atoms with Gasteiger partial charge in [-0.25, -0.2) is 14.4 Å². The zero-order valence-corrected chi connectivity index (χ0v) is 31.4. The number of carbonyl (C=O) groups excluding carboxylic acids is 2. The minimum atomic E-state index is -0.529. The van der Waals surface area contributed by atoms with Gasteiger partial charge in [0.05, 0.1) is 11.4 Å². The second-order valence-corrected chi connectivity index (χ2v) is 15.1. The number of anilines is 3. The number of carbonyl (C=O) groups is 2. The third kappa shape index (κ3) is 7.90. The Balaban J connectivity index is 0.840. The number of hydrogen-bond donors (Lipinski definition) is 4. The van der Waals surface area contributed by atoms with Gasteiger partial charge in [0.15, 0.2) is 11.6 Å². The van der Waals surface area contributed by atoms with Gasteiger partial charge < -0.3 is 30.6 Å². The van der Waals surface area contributed by atoms with Crippen LogP contribution in [0.5, 0.6) is 5.75 Å². The molecule has 3 aliphatic rings. The normalized spacial score (nSPS) is 18.9. The number of aromatic nitrogens is 5. The molecule has 0 spiro atoms. The molecule has 0 bridgehead atoms. The Hall–Kier alpha value is -5.76. The Morgan fingerprint density at radius 2 is 1.84 bits per heavy atom. The summed E-state index contributed by atoms with van der Waals surface area (Å²) in [6.45, 7) is 9.06. The highest BCUT2D eigenvalue weighted by Gasteiger charge is 2.32. The van der Waals surface area contributed by atoms with E-state index in [1.165, 1.54) is 17.8 Å². The molecule has 1 unspecified atom stereocenters. The lowest BCUT2D eigenvalue weighted by Gasteiger charge is -2.44. The monoisotopic (exact) mass is 746 g/mol. The summed E-state index contributed by atoms with van der Waals surface area (Å²) in [4.78, 5) is 41.6. The van der Waals surface area contributed by atoms with E-state index in [0.29, 0.717) is 36.0 Å². The molecule has 55 heavy (non-hydrogen) atoms. The average Bonchev–Trinajstić information content (AvgIpc) is 3.77. The molecule has 3 fully saturated rings. The van der Waals surface area contributed by atoms with E-state index in [0.717, 1.165) is 85.3 Å². The van der Waals surface area contributed by atoms with Crippen LogP contribution in [-0.4, -0.2) is 80.2 Å². The molecular weight excluding hydrogens is 700 g/mol. The predicted molar refractivity (Wildman–Crippen MR) is 209 cm³/mol. The number of imide groups is 1. The summed E-state index contributed by atoms with van der Waals surface area (Å²) in [5.74, 6) is 1.78. The molecule has 8 rings (SSSR count). The summed E-state index contributed by atoms with van der Waals surface area (Å²) < 4.78 is 22.5. The van der Waals surface area contributed by atoms with E-state index in [4.69, 9.17) is 15.5 Å². The maximum atomic E-state index is 14.4. The van der Waals surface area contributed by atoms with Crippen molar-refractivity contribution in [3.8, 4) is 28.3 Å². The average molecular weight is 747 g/mol. The molecular formula is C41H47FN10O3. The second-order valence-electron chi connectivity index (χ2n) is 15.1. The van der Waals surface area contributed by atoms with Crippen molar-refractivity contribution in [1.82, 2.24) is 34.9 Å². The molecule has 0 aliphatic carbocycles. The van der Waals surface area contributed by atoms with Crippen molar-refractivity contribution < 1.29 is 18.7 Å². The zero-order valence-electron chi connectivity index (χ0n) is 31.4. The number of likely N-dealkylation sites (tertiary alicyclic amines) is 1. The number of piperidine rings is 2. The van der Waals surface area contributed by atoms with Gasteiger partial charge in [0.25, 0.3) is 0 Å². The number of H-pyrrole nitrogens is 1. The Morgan fingerprint density at radius 3 is 2.56 bits per heavy atom. The van der Waals surface area contributed by atoms with Gasteiger partial charge in [0, 0.05) is 91.1 Å². The first kappa shape index (κ1) is 36.2. The summed E-state index contributed by atoms with van der Waals surface area (Å²) in [5.41, 5.74) is 13.1. The van der Waals surface area contributed by atoms with Crippen LogP contribution in [0.25, 0.3) is 22.5 Å². The molecule has 0 radical (unpaired) electrons. The first-order chi connectivity index (χ1) is 26.6. The number of nitrogens with one attached hydrogen (secondary N) is 3. The largest absolute Gasteiger partial charge is 0.482 e. The Labute approximate surface area is 319 Å². The zero-order chi connectivity index (χ0) is 38.2. The smallest absolute Gasteiger partial charge is 0.249 e. The molecule has 2 atom stereocenters. The number of imidazole rings is 1. The van der Waals surface area contributed by atoms with Crippen LogP contribution in [0.3, 0.4) is 0 Å². The number of nitrogens with zero attached hydrogens (tertiary/aromatic N) is 6. The van der Waals surface area contributed by atoms with E-state index in [9.17, 15) is 14.0 Å². The number of halogens is 1. The predicted octanol–water partition coefficient (Wildman–Crippen LogP) is 5.57. The number of nitrogens with two attached hydrogens (primary N) is 1. The van der Waals surface area contributed by atoms with Crippen LogP contribution in [-0.2, 0) is 16.6 Å². The van der Waals surface area contributed by atoms with Crippen LogP contribution in [0.1, 0.15) is 61.7 Å². The van der Waals surface area contributed by atoms with Crippen LogP contribution in [0.4, 0.5) is 21.6 Å². The van der Waals surface area contributed by atoms with E-state index >= 15 is 0 Å². The summed E-state index contributed by atoms with van der Waals surface area (Å²) >= 11 is 0. The Bertz CT molecular complexity index is 2190. The highest BCUT2D eigenvalue weighted by atomic mass is 19.1. The molecule has 5 N–H and O–H groups in total. The number of pyridine rings is 1. The lowest BCUT2D eigenvalue weighted by molar-refractivity contribution is -0.133. The topological polar surface area (TPSA) is 159 Å². The number of ether oxygens (including phenoxy) is 1. The van der Waals surface area contributed by atoms with Crippen LogP contribution in [0.15, 0.2) is 67.0 Å². The van der Waals surface area contributed by atoms with Gasteiger partial charge in [-0.3, -0.25) is 19.6 Å². The Morgan fingerprint density at radius 1 is 1.05 bits per heavy atom. The number of amides is 2. The van der Waals surface area contributed by atoms with Crippen molar-refractivity contribution >= 4 is 29.0 Å². The van der Waals surface area contributed by atoms with Crippen LogP contribution < -0.4 is 26.0 Å². The molecule has 13 nitrogen and oxygen atoms in total. The summed E-state index contributed by atoms with van der Waals surface area (Å²) in [6.07, 6.45) is 5.97. The number of aromatic amines is 1. The fourth-order valence-electron chi connectivity index (χ4n) is 8.00. The fraction of sp³-hybridized carbons (Fsp3) is 0.390. The summed E-state index contributed by atoms with van der Waals surface area (Å²) in [6, 6.07) is 16.2. The van der Waals surface area contributed by atoms with Gasteiger partial charge in [-0.05, 0) is 101 Å². The molecule has 2 aromatic carbocycles. The summed E-state index contributed by atoms with van der Waals surface area (Å²) in [7, 11) is 1.84. The minimum absolute atomic E-state index is 0.209. The minimum Gasteiger partial charge on any atom is -0.482 e. The van der Waals surface area contributed by atoms with Crippen LogP contribution in [0, 0.1) is 18.7 Å². The molecule has 0 saturated carbocycles. The maximum absolute atomic E-state index is 14.4. The Kier molecular flexibility index (Phi) is 9.99. The van der Waals surface area contributed by atoms with Crippen LogP contribution >= 0.6 is 0 Å². The van der Waals surface area contributed by atoms with Gasteiger partial charge in [0.2, 0.25) is 11.8 Å². The number of nitrogen functional groups attached to an aromatic ring is 1. The van der Waals surface area contributed by atoms with Crippen molar-refractivity contribution in [3.05, 3.63) is 89.9 Å². The van der Waals surface area contributed by atoms with Gasteiger partial charge in [-0.1, -0.05) is 0 Å². The molecule has 286 valence electrons. The molecule has 3 saturated heterocycles. The van der Waals surface area contributed by atoms with E-state index in [1.807, 2.05) is 51.4 Å². The molecule has 3 aliphatic heterocycles. The number of hydrogen-bond acceptors (Lipinski definition) is 10. The van der Waals surface area contributed by atoms with Gasteiger partial charge >= 0.3 is 0 Å². The van der Waals surface area contributed by atoms with E-state index in [-0.39, 0.29) is 29.5 Å². The third-order valence-corrected chi connectivity index (χ3v) is 11.1. The first-order valence-corrected chi connectivity index (χ1v) is 19.0. The molecule has 3 aromatic heterocycles. The number of rotatable bonds is 11. The van der Waals surface area contributed by atoms with Gasteiger partial charge in [0.1, 0.15) is 23.8 Å². The SMILES string of the molecule is Cc1[nH]c(C2CCN(CC3CN(c4ccc(NC5CCC(=O)NC5=O)cc4)C3)CC2)nc1-c1cnc(N)c(O[C@H](C)c2cc(F)ccc2-c2ccn(C)n2)c1. The van der Waals surface area contributed by atoms with Crippen molar-refractivity contribution in [1.29, 1.82) is 0 Å².